The van der Waals surface area contributed by atoms with Gasteiger partial charge in [-0.2, -0.15) is 0 Å². The van der Waals surface area contributed by atoms with E-state index in [0.717, 1.165) is 26.2 Å². The summed E-state index contributed by atoms with van der Waals surface area (Å²) < 4.78 is 12.0. The molecule has 1 saturated heterocycles. The first-order chi connectivity index (χ1) is 6.86. The number of likely N-dealkylation sites (tertiary alicyclic amines) is 1. The van der Waals surface area contributed by atoms with E-state index in [2.05, 4.69) is 17.1 Å². The minimum absolute atomic E-state index is 0.177. The van der Waals surface area contributed by atoms with E-state index in [0.29, 0.717) is 12.5 Å². The second-order valence-electron chi connectivity index (χ2n) is 4.14. The van der Waals surface area contributed by atoms with Gasteiger partial charge in [0.2, 0.25) is 0 Å². The summed E-state index contributed by atoms with van der Waals surface area (Å²) >= 11 is 0. The molecule has 84 valence electrons. The lowest BCUT2D eigenvalue weighted by molar-refractivity contribution is 0.184. The fourth-order valence-electron chi connectivity index (χ4n) is 2.06. The Morgan fingerprint density at radius 1 is 1.50 bits per heavy atom. The number of halogens is 1. The van der Waals surface area contributed by atoms with Gasteiger partial charge in [0, 0.05) is 19.1 Å². The van der Waals surface area contributed by atoms with Crippen molar-refractivity contribution < 1.29 is 4.39 Å². The molecule has 2 nitrogen and oxygen atoms in total. The zero-order chi connectivity index (χ0) is 10.2. The van der Waals surface area contributed by atoms with Crippen molar-refractivity contribution in [2.45, 2.75) is 38.6 Å². The van der Waals surface area contributed by atoms with Crippen LogP contribution in [0.15, 0.2) is 0 Å². The lowest BCUT2D eigenvalue weighted by Crippen LogP contribution is -2.46. The van der Waals surface area contributed by atoms with Crippen LogP contribution in [0, 0.1) is 0 Å². The molecule has 14 heavy (non-hydrogen) atoms. The topological polar surface area (TPSA) is 15.3 Å². The third-order valence-electron chi connectivity index (χ3n) is 2.80. The van der Waals surface area contributed by atoms with E-state index in [4.69, 9.17) is 0 Å². The Balaban J connectivity index is 2.14. The molecule has 0 aliphatic carbocycles. The average molecular weight is 202 g/mol. The van der Waals surface area contributed by atoms with Gasteiger partial charge in [0.25, 0.3) is 0 Å². The molecule has 1 heterocycles. The van der Waals surface area contributed by atoms with Crippen LogP contribution in [0.1, 0.15) is 32.6 Å². The maximum absolute atomic E-state index is 12.0. The minimum atomic E-state index is -0.177. The van der Waals surface area contributed by atoms with Gasteiger partial charge in [-0.15, -0.1) is 0 Å². The molecular formula is C11H23FN2. The maximum atomic E-state index is 12.0. The molecule has 0 amide bonds. The van der Waals surface area contributed by atoms with Crippen molar-refractivity contribution in [1.82, 2.24) is 10.2 Å². The second-order valence-corrected chi connectivity index (χ2v) is 4.14. The van der Waals surface area contributed by atoms with Crippen molar-refractivity contribution in [2.24, 2.45) is 0 Å². The van der Waals surface area contributed by atoms with Crippen LogP contribution in [0.4, 0.5) is 4.39 Å². The number of hydrogen-bond donors (Lipinski definition) is 1. The Bertz CT molecular complexity index is 127. The lowest BCUT2D eigenvalue weighted by Gasteiger charge is -2.33. The van der Waals surface area contributed by atoms with Gasteiger partial charge in [-0.05, 0) is 38.8 Å². The fourth-order valence-corrected chi connectivity index (χ4v) is 2.06. The van der Waals surface area contributed by atoms with E-state index in [9.17, 15) is 4.39 Å². The Kier molecular flexibility index (Phi) is 6.12. The van der Waals surface area contributed by atoms with Crippen LogP contribution < -0.4 is 5.32 Å². The molecule has 0 bridgehead atoms. The predicted octanol–water partition coefficient (Wildman–Crippen LogP) is 1.81. The zero-order valence-electron chi connectivity index (χ0n) is 9.27. The molecule has 1 aliphatic rings. The highest BCUT2D eigenvalue weighted by Gasteiger charge is 2.18. The van der Waals surface area contributed by atoms with Gasteiger partial charge in [-0.25, -0.2) is 0 Å². The van der Waals surface area contributed by atoms with Crippen molar-refractivity contribution in [1.29, 1.82) is 0 Å². The summed E-state index contributed by atoms with van der Waals surface area (Å²) in [7, 11) is 0. The third kappa shape index (κ3) is 4.38. The van der Waals surface area contributed by atoms with Crippen molar-refractivity contribution >= 4 is 0 Å². The highest BCUT2D eigenvalue weighted by molar-refractivity contribution is 4.77. The Morgan fingerprint density at radius 2 is 2.36 bits per heavy atom. The Labute approximate surface area is 86.9 Å². The maximum Gasteiger partial charge on any atom is 0.0906 e. The van der Waals surface area contributed by atoms with Crippen LogP contribution >= 0.6 is 0 Å². The number of nitrogens with zero attached hydrogens (tertiary/aromatic N) is 1. The highest BCUT2D eigenvalue weighted by Crippen LogP contribution is 2.10. The summed E-state index contributed by atoms with van der Waals surface area (Å²) in [6, 6.07) is 0.642. The van der Waals surface area contributed by atoms with Gasteiger partial charge in [-0.1, -0.05) is 6.92 Å². The predicted molar refractivity (Wildman–Crippen MR) is 58.3 cm³/mol. The van der Waals surface area contributed by atoms with E-state index in [1.165, 1.54) is 19.3 Å². The molecule has 0 saturated carbocycles. The highest BCUT2D eigenvalue weighted by atomic mass is 19.1. The summed E-state index contributed by atoms with van der Waals surface area (Å²) in [5.41, 5.74) is 0. The molecule has 0 aromatic rings. The van der Waals surface area contributed by atoms with E-state index < -0.39 is 0 Å². The van der Waals surface area contributed by atoms with E-state index >= 15 is 0 Å². The Morgan fingerprint density at radius 3 is 3.07 bits per heavy atom. The molecule has 3 heteroatoms. The third-order valence-corrected chi connectivity index (χ3v) is 2.80. The molecule has 1 aliphatic heterocycles. The molecule has 0 spiro atoms. The molecular weight excluding hydrogens is 179 g/mol. The first-order valence-corrected chi connectivity index (χ1v) is 5.88. The second kappa shape index (κ2) is 7.18. The van der Waals surface area contributed by atoms with E-state index in [1.54, 1.807) is 0 Å². The quantitative estimate of drug-likeness (QED) is 0.706. The zero-order valence-corrected chi connectivity index (χ0v) is 9.27. The smallest absolute Gasteiger partial charge is 0.0906 e. The Hall–Kier alpha value is -0.150. The van der Waals surface area contributed by atoms with E-state index in [1.807, 2.05) is 0 Å². The van der Waals surface area contributed by atoms with Gasteiger partial charge in [0.15, 0.2) is 0 Å². The summed E-state index contributed by atoms with van der Waals surface area (Å²) in [5.74, 6) is 0. The number of alkyl halides is 1. The van der Waals surface area contributed by atoms with Crippen LogP contribution in [-0.2, 0) is 0 Å². The average Bonchev–Trinajstić information content (AvgIpc) is 2.24. The molecule has 0 aromatic carbocycles. The van der Waals surface area contributed by atoms with E-state index in [-0.39, 0.29) is 6.67 Å². The summed E-state index contributed by atoms with van der Waals surface area (Å²) in [5, 5.41) is 3.54. The number of nitrogens with one attached hydrogen (secondary N) is 1. The molecule has 1 N–H and O–H groups in total. The summed E-state index contributed by atoms with van der Waals surface area (Å²) in [4.78, 5) is 2.39. The molecule has 0 aromatic heterocycles. The normalized spacial score (nSPS) is 24.0. The molecule has 1 atom stereocenters. The first kappa shape index (κ1) is 11.9. The molecule has 0 radical (unpaired) electrons. The summed E-state index contributed by atoms with van der Waals surface area (Å²) in [6.45, 7) is 6.33. The number of rotatable bonds is 6. The number of hydrogen-bond acceptors (Lipinski definition) is 2. The van der Waals surface area contributed by atoms with Gasteiger partial charge in [-0.3, -0.25) is 4.39 Å². The SMILES string of the molecule is CCCNC1CCCN(CCCF)C1. The van der Waals surface area contributed by atoms with Gasteiger partial charge < -0.3 is 10.2 Å². The van der Waals surface area contributed by atoms with Gasteiger partial charge in [0.05, 0.1) is 6.67 Å². The van der Waals surface area contributed by atoms with Crippen LogP contribution in [-0.4, -0.2) is 43.8 Å². The van der Waals surface area contributed by atoms with Crippen LogP contribution in [0.25, 0.3) is 0 Å². The van der Waals surface area contributed by atoms with Crippen molar-refractivity contribution in [3.63, 3.8) is 0 Å². The molecule has 1 unspecified atom stereocenters. The fraction of sp³-hybridized carbons (Fsp3) is 1.00. The van der Waals surface area contributed by atoms with Gasteiger partial charge in [0.1, 0.15) is 0 Å². The van der Waals surface area contributed by atoms with Crippen molar-refractivity contribution in [3.05, 3.63) is 0 Å². The van der Waals surface area contributed by atoms with Crippen LogP contribution in [0.5, 0.6) is 0 Å². The van der Waals surface area contributed by atoms with Crippen molar-refractivity contribution in [3.8, 4) is 0 Å². The largest absolute Gasteiger partial charge is 0.313 e. The van der Waals surface area contributed by atoms with Crippen LogP contribution in [0.2, 0.25) is 0 Å². The standard InChI is InChI=1S/C11H23FN2/c1-2-7-13-11-5-3-8-14(10-11)9-4-6-12/h11,13H,2-10H2,1H3. The molecule has 1 fully saturated rings. The first-order valence-electron chi connectivity index (χ1n) is 5.88. The summed E-state index contributed by atoms with van der Waals surface area (Å²) in [6.07, 6.45) is 4.43. The monoisotopic (exact) mass is 202 g/mol. The minimum Gasteiger partial charge on any atom is -0.313 e. The van der Waals surface area contributed by atoms with Gasteiger partial charge >= 0.3 is 0 Å². The van der Waals surface area contributed by atoms with Crippen LogP contribution in [0.3, 0.4) is 0 Å². The lowest BCUT2D eigenvalue weighted by atomic mass is 10.1. The molecule has 1 rings (SSSR count). The van der Waals surface area contributed by atoms with Crippen molar-refractivity contribution in [2.75, 3.05) is 32.9 Å². The number of piperidine rings is 1.